The van der Waals surface area contributed by atoms with Crippen LogP contribution >= 0.6 is 0 Å². The third kappa shape index (κ3) is 13.8. The molecule has 0 unspecified atom stereocenters. The highest BCUT2D eigenvalue weighted by molar-refractivity contribution is 6.83. The van der Waals surface area contributed by atoms with E-state index in [4.69, 9.17) is 0 Å². The Morgan fingerprint density at radius 1 is 0.889 bits per heavy atom. The molecule has 0 radical (unpaired) electrons. The van der Waals surface area contributed by atoms with Gasteiger partial charge >= 0.3 is 0 Å². The highest BCUT2D eigenvalue weighted by Gasteiger charge is 2.08. The Morgan fingerprint density at radius 2 is 1.39 bits per heavy atom. The van der Waals surface area contributed by atoms with Gasteiger partial charge in [-0.05, 0) is 12.8 Å². The molecule has 0 aromatic rings. The quantitative estimate of drug-likeness (QED) is 0.363. The van der Waals surface area contributed by atoms with Crippen molar-refractivity contribution in [2.45, 2.75) is 90.5 Å². The third-order valence-electron chi connectivity index (χ3n) is 2.94. The Hall–Kier alpha value is -0.263. The zero-order valence-corrected chi connectivity index (χ0v) is 13.9. The molecule has 0 aliphatic carbocycles. The van der Waals surface area contributed by atoms with Gasteiger partial charge in [-0.2, -0.15) is 0 Å². The third-order valence-corrected chi connectivity index (χ3v) is 3.84. The summed E-state index contributed by atoms with van der Waals surface area (Å²) in [5.41, 5.74) is 3.24. The van der Waals surface area contributed by atoms with Crippen molar-refractivity contribution < 1.29 is 5.11 Å². The largest absolute Gasteiger partial charge is 0.380 e. The van der Waals surface area contributed by atoms with Crippen LogP contribution in [-0.4, -0.2) is 19.3 Å². The zero-order valence-electron chi connectivity index (χ0n) is 12.9. The highest BCUT2D eigenvalue weighted by atomic mass is 28.3. The first-order chi connectivity index (χ1) is 8.45. The second-order valence-electron chi connectivity index (χ2n) is 6.30. The Bertz CT molecular complexity index is 244. The molecule has 0 saturated carbocycles. The van der Waals surface area contributed by atoms with Crippen LogP contribution in [0.5, 0.6) is 0 Å². The minimum atomic E-state index is -1.31. The van der Waals surface area contributed by atoms with E-state index < -0.39 is 14.2 Å². The molecule has 0 amide bonds. The van der Waals surface area contributed by atoms with E-state index in [0.29, 0.717) is 0 Å². The molecule has 0 aromatic heterocycles. The van der Waals surface area contributed by atoms with E-state index in [0.717, 1.165) is 12.8 Å². The van der Waals surface area contributed by atoms with Crippen molar-refractivity contribution in [1.29, 1.82) is 0 Å². The fourth-order valence-electron chi connectivity index (χ4n) is 1.84. The SMILES string of the molecule is CCCCCCCCCC[C@H](O)C#C[Si](C)(C)C. The number of hydrogen-bond donors (Lipinski definition) is 1. The lowest BCUT2D eigenvalue weighted by atomic mass is 10.1. The average molecular weight is 269 g/mol. The van der Waals surface area contributed by atoms with Gasteiger partial charge in [-0.1, -0.05) is 77.4 Å². The molecule has 1 nitrogen and oxygen atoms in total. The maximum atomic E-state index is 9.73. The van der Waals surface area contributed by atoms with E-state index in [1.54, 1.807) is 0 Å². The summed E-state index contributed by atoms with van der Waals surface area (Å²) in [6.45, 7) is 8.89. The van der Waals surface area contributed by atoms with Crippen LogP contribution in [-0.2, 0) is 0 Å². The molecule has 0 aliphatic heterocycles. The highest BCUT2D eigenvalue weighted by Crippen LogP contribution is 2.10. The predicted octanol–water partition coefficient (Wildman–Crippen LogP) is 4.76. The van der Waals surface area contributed by atoms with Crippen molar-refractivity contribution in [2.24, 2.45) is 0 Å². The Labute approximate surface area is 115 Å². The maximum absolute atomic E-state index is 9.73. The average Bonchev–Trinajstić information content (AvgIpc) is 2.29. The van der Waals surface area contributed by atoms with E-state index in [1.807, 2.05) is 0 Å². The van der Waals surface area contributed by atoms with Gasteiger partial charge < -0.3 is 5.11 Å². The summed E-state index contributed by atoms with van der Waals surface area (Å²) in [4.78, 5) is 0. The van der Waals surface area contributed by atoms with E-state index in [-0.39, 0.29) is 0 Å². The Morgan fingerprint density at radius 3 is 1.89 bits per heavy atom. The first-order valence-electron chi connectivity index (χ1n) is 7.66. The van der Waals surface area contributed by atoms with Gasteiger partial charge in [0.15, 0.2) is 0 Å². The molecule has 1 N–H and O–H groups in total. The summed E-state index contributed by atoms with van der Waals surface area (Å²) in [6, 6.07) is 0. The summed E-state index contributed by atoms with van der Waals surface area (Å²) < 4.78 is 0. The molecule has 0 rings (SSSR count). The molecule has 1 atom stereocenters. The molecule has 0 saturated heterocycles. The molecule has 0 bridgehead atoms. The fraction of sp³-hybridized carbons (Fsp3) is 0.875. The van der Waals surface area contributed by atoms with Crippen LogP contribution in [0.1, 0.15) is 64.7 Å². The van der Waals surface area contributed by atoms with Crippen LogP contribution in [0, 0.1) is 11.5 Å². The van der Waals surface area contributed by atoms with E-state index >= 15 is 0 Å². The topological polar surface area (TPSA) is 20.2 Å². The minimum absolute atomic E-state index is 0.392. The monoisotopic (exact) mass is 268 g/mol. The molecular weight excluding hydrogens is 236 g/mol. The van der Waals surface area contributed by atoms with Crippen molar-refractivity contribution in [2.75, 3.05) is 0 Å². The van der Waals surface area contributed by atoms with Gasteiger partial charge in [0.05, 0.1) is 0 Å². The predicted molar refractivity (Wildman–Crippen MR) is 84.4 cm³/mol. The number of unbranched alkanes of at least 4 members (excludes halogenated alkanes) is 7. The summed E-state index contributed by atoms with van der Waals surface area (Å²) >= 11 is 0. The van der Waals surface area contributed by atoms with Gasteiger partial charge in [0.1, 0.15) is 14.2 Å². The lowest BCUT2D eigenvalue weighted by molar-refractivity contribution is 0.217. The van der Waals surface area contributed by atoms with E-state index in [2.05, 4.69) is 38.0 Å². The molecule has 2 heteroatoms. The lowest BCUT2D eigenvalue weighted by Gasteiger charge is -2.07. The van der Waals surface area contributed by atoms with Crippen LogP contribution < -0.4 is 0 Å². The van der Waals surface area contributed by atoms with Crippen molar-refractivity contribution in [1.82, 2.24) is 0 Å². The molecule has 0 aliphatic rings. The van der Waals surface area contributed by atoms with Gasteiger partial charge in [-0.15, -0.1) is 5.54 Å². The second-order valence-corrected chi connectivity index (χ2v) is 11.0. The molecular formula is C16H32OSi. The molecule has 0 heterocycles. The van der Waals surface area contributed by atoms with Gasteiger partial charge in [0.2, 0.25) is 0 Å². The number of hydrogen-bond acceptors (Lipinski definition) is 1. The van der Waals surface area contributed by atoms with Gasteiger partial charge in [-0.25, -0.2) is 0 Å². The number of aliphatic hydroxyl groups excluding tert-OH is 1. The van der Waals surface area contributed by atoms with Gasteiger partial charge in [-0.3, -0.25) is 0 Å². The number of aliphatic hydroxyl groups is 1. The van der Waals surface area contributed by atoms with Crippen LogP contribution in [0.4, 0.5) is 0 Å². The Kier molecular flexibility index (Phi) is 10.5. The summed E-state index contributed by atoms with van der Waals surface area (Å²) in [5.74, 6) is 3.01. The summed E-state index contributed by atoms with van der Waals surface area (Å²) in [7, 11) is -1.31. The van der Waals surface area contributed by atoms with Crippen molar-refractivity contribution >= 4 is 8.07 Å². The van der Waals surface area contributed by atoms with Gasteiger partial charge in [0, 0.05) is 0 Å². The van der Waals surface area contributed by atoms with Crippen LogP contribution in [0.2, 0.25) is 19.6 Å². The lowest BCUT2D eigenvalue weighted by Crippen LogP contribution is -2.17. The zero-order chi connectivity index (χ0) is 13.9. The molecule has 18 heavy (non-hydrogen) atoms. The van der Waals surface area contributed by atoms with Gasteiger partial charge in [0.25, 0.3) is 0 Å². The maximum Gasteiger partial charge on any atom is 0.129 e. The molecule has 0 spiro atoms. The normalized spacial score (nSPS) is 12.9. The summed E-state index contributed by atoms with van der Waals surface area (Å²) in [5, 5.41) is 9.73. The molecule has 0 fully saturated rings. The first kappa shape index (κ1) is 17.7. The molecule has 106 valence electrons. The van der Waals surface area contributed by atoms with E-state index in [1.165, 1.54) is 44.9 Å². The standard InChI is InChI=1S/C16H32OSi/c1-5-6-7-8-9-10-11-12-13-16(17)14-15-18(2,3)4/h16-17H,5-13H2,1-4H3/t16-/m0/s1. The van der Waals surface area contributed by atoms with Crippen molar-refractivity contribution in [3.63, 3.8) is 0 Å². The van der Waals surface area contributed by atoms with E-state index in [9.17, 15) is 5.11 Å². The number of rotatable bonds is 9. The van der Waals surface area contributed by atoms with Crippen LogP contribution in [0.3, 0.4) is 0 Å². The summed E-state index contributed by atoms with van der Waals surface area (Å²) in [6.07, 6.45) is 11.0. The van der Waals surface area contributed by atoms with Crippen molar-refractivity contribution in [3.05, 3.63) is 0 Å². The minimum Gasteiger partial charge on any atom is -0.380 e. The van der Waals surface area contributed by atoms with Crippen molar-refractivity contribution in [3.8, 4) is 11.5 Å². The Balaban J connectivity index is 3.40. The fourth-order valence-corrected chi connectivity index (χ4v) is 2.44. The van der Waals surface area contributed by atoms with Crippen LogP contribution in [0.15, 0.2) is 0 Å². The van der Waals surface area contributed by atoms with Crippen LogP contribution in [0.25, 0.3) is 0 Å². The molecule has 0 aromatic carbocycles. The smallest absolute Gasteiger partial charge is 0.129 e. The second kappa shape index (κ2) is 10.6. The first-order valence-corrected chi connectivity index (χ1v) is 11.2.